The van der Waals surface area contributed by atoms with Gasteiger partial charge in [-0.25, -0.2) is 4.39 Å². The van der Waals surface area contributed by atoms with E-state index in [4.69, 9.17) is 0 Å². The molecule has 6 heteroatoms. The van der Waals surface area contributed by atoms with Crippen molar-refractivity contribution in [2.24, 2.45) is 0 Å². The fraction of sp³-hybridized carbons (Fsp3) is 0.462. The van der Waals surface area contributed by atoms with Crippen molar-refractivity contribution in [3.8, 4) is 0 Å². The monoisotopic (exact) mass is 277 g/mol. The fourth-order valence-corrected chi connectivity index (χ4v) is 1.63. The smallest absolute Gasteiger partial charge is 0.349 e. The molecule has 106 valence electrons. The van der Waals surface area contributed by atoms with Crippen molar-refractivity contribution in [3.63, 3.8) is 0 Å². The van der Waals surface area contributed by atoms with Crippen LogP contribution in [-0.2, 0) is 6.18 Å². The minimum Gasteiger partial charge on any atom is -0.349 e. The SMILES string of the molecule is CCC(CC)NC(=O)c1cc(C(F)(F)F)ccc1F. The molecule has 0 aromatic heterocycles. The Hall–Kier alpha value is -1.59. The number of alkyl halides is 3. The predicted octanol–water partition coefficient (Wildman–Crippen LogP) is 3.76. The summed E-state index contributed by atoms with van der Waals surface area (Å²) in [5, 5.41) is 2.51. The third-order valence-electron chi connectivity index (χ3n) is 2.86. The van der Waals surface area contributed by atoms with Crippen LogP contribution in [0, 0.1) is 5.82 Å². The van der Waals surface area contributed by atoms with Gasteiger partial charge < -0.3 is 5.32 Å². The molecule has 0 saturated carbocycles. The summed E-state index contributed by atoms with van der Waals surface area (Å²) in [5.41, 5.74) is -1.62. The maximum Gasteiger partial charge on any atom is 0.416 e. The first-order chi connectivity index (χ1) is 8.79. The van der Waals surface area contributed by atoms with Crippen molar-refractivity contribution in [2.45, 2.75) is 38.9 Å². The molecule has 0 fully saturated rings. The van der Waals surface area contributed by atoms with Crippen molar-refractivity contribution < 1.29 is 22.4 Å². The topological polar surface area (TPSA) is 29.1 Å². The van der Waals surface area contributed by atoms with Crippen LogP contribution in [0.5, 0.6) is 0 Å². The quantitative estimate of drug-likeness (QED) is 0.834. The molecule has 0 aliphatic rings. The summed E-state index contributed by atoms with van der Waals surface area (Å²) in [4.78, 5) is 11.8. The van der Waals surface area contributed by atoms with Gasteiger partial charge >= 0.3 is 6.18 Å². The Kier molecular flexibility index (Phi) is 4.91. The molecule has 0 atom stereocenters. The Morgan fingerprint density at radius 3 is 2.32 bits per heavy atom. The average Bonchev–Trinajstić information content (AvgIpc) is 2.34. The van der Waals surface area contributed by atoms with Gasteiger partial charge in [0.25, 0.3) is 5.91 Å². The highest BCUT2D eigenvalue weighted by molar-refractivity contribution is 5.94. The molecule has 0 unspecified atom stereocenters. The average molecular weight is 277 g/mol. The summed E-state index contributed by atoms with van der Waals surface area (Å²) in [6, 6.07) is 1.63. The molecule has 2 nitrogen and oxygen atoms in total. The Bertz CT molecular complexity index is 452. The molecule has 19 heavy (non-hydrogen) atoms. The number of rotatable bonds is 4. The highest BCUT2D eigenvalue weighted by Crippen LogP contribution is 2.30. The molecule has 1 aromatic carbocycles. The van der Waals surface area contributed by atoms with Crippen molar-refractivity contribution in [2.75, 3.05) is 0 Å². The lowest BCUT2D eigenvalue weighted by Crippen LogP contribution is -2.34. The molecule has 0 aliphatic carbocycles. The first-order valence-electron chi connectivity index (χ1n) is 5.97. The Balaban J connectivity index is 3.02. The van der Waals surface area contributed by atoms with E-state index in [-0.39, 0.29) is 6.04 Å². The lowest BCUT2D eigenvalue weighted by molar-refractivity contribution is -0.137. The molecule has 1 aromatic rings. The van der Waals surface area contributed by atoms with Crippen LogP contribution in [0.1, 0.15) is 42.6 Å². The molecule has 0 heterocycles. The van der Waals surface area contributed by atoms with Gasteiger partial charge in [0.1, 0.15) is 5.82 Å². The van der Waals surface area contributed by atoms with Gasteiger partial charge in [-0.2, -0.15) is 13.2 Å². The van der Waals surface area contributed by atoms with Crippen LogP contribution in [0.3, 0.4) is 0 Å². The molecule has 0 radical (unpaired) electrons. The highest BCUT2D eigenvalue weighted by atomic mass is 19.4. The first kappa shape index (κ1) is 15.5. The first-order valence-corrected chi connectivity index (χ1v) is 5.97. The summed E-state index contributed by atoms with van der Waals surface area (Å²) in [6.07, 6.45) is -3.34. The lowest BCUT2D eigenvalue weighted by Gasteiger charge is -2.16. The summed E-state index contributed by atoms with van der Waals surface area (Å²) in [7, 11) is 0. The maximum atomic E-state index is 13.4. The fourth-order valence-electron chi connectivity index (χ4n) is 1.63. The van der Waals surface area contributed by atoms with Gasteiger partial charge in [-0.1, -0.05) is 13.8 Å². The van der Waals surface area contributed by atoms with E-state index in [2.05, 4.69) is 5.32 Å². The Morgan fingerprint density at radius 1 is 1.26 bits per heavy atom. The second-order valence-corrected chi connectivity index (χ2v) is 4.18. The van der Waals surface area contributed by atoms with Crippen molar-refractivity contribution in [1.82, 2.24) is 5.32 Å². The molecule has 1 amide bonds. The third-order valence-corrected chi connectivity index (χ3v) is 2.86. The van der Waals surface area contributed by atoms with Gasteiger partial charge in [0.05, 0.1) is 11.1 Å². The second kappa shape index (κ2) is 6.04. The highest BCUT2D eigenvalue weighted by Gasteiger charge is 2.32. The number of hydrogen-bond donors (Lipinski definition) is 1. The number of nitrogens with one attached hydrogen (secondary N) is 1. The molecule has 0 saturated heterocycles. The molecule has 0 aliphatic heterocycles. The van der Waals surface area contributed by atoms with Crippen LogP contribution < -0.4 is 5.32 Å². The van der Waals surface area contributed by atoms with Crippen molar-refractivity contribution in [3.05, 3.63) is 35.1 Å². The number of amides is 1. The van der Waals surface area contributed by atoms with Crippen LogP contribution in [-0.4, -0.2) is 11.9 Å². The molecule has 0 spiro atoms. The van der Waals surface area contributed by atoms with E-state index in [0.29, 0.717) is 31.0 Å². The van der Waals surface area contributed by atoms with Gasteiger partial charge in [0.15, 0.2) is 0 Å². The van der Waals surface area contributed by atoms with Crippen LogP contribution in [0.2, 0.25) is 0 Å². The van der Waals surface area contributed by atoms with Crippen LogP contribution in [0.15, 0.2) is 18.2 Å². The lowest BCUT2D eigenvalue weighted by atomic mass is 10.1. The van der Waals surface area contributed by atoms with Gasteiger partial charge in [0.2, 0.25) is 0 Å². The normalized spacial score (nSPS) is 11.7. The van der Waals surface area contributed by atoms with Crippen LogP contribution in [0.4, 0.5) is 17.6 Å². The summed E-state index contributed by atoms with van der Waals surface area (Å²) < 4.78 is 50.9. The molecule has 1 rings (SSSR count). The van der Waals surface area contributed by atoms with E-state index >= 15 is 0 Å². The zero-order valence-corrected chi connectivity index (χ0v) is 10.6. The third kappa shape index (κ3) is 3.94. The van der Waals surface area contributed by atoms with Gasteiger partial charge in [-0.15, -0.1) is 0 Å². The molecule has 1 N–H and O–H groups in total. The minimum absolute atomic E-state index is 0.179. The maximum absolute atomic E-state index is 13.4. The number of carbonyl (C=O) groups excluding carboxylic acids is 1. The predicted molar refractivity (Wildman–Crippen MR) is 63.2 cm³/mol. The molecular weight excluding hydrogens is 262 g/mol. The van der Waals surface area contributed by atoms with E-state index in [1.807, 2.05) is 13.8 Å². The Labute approximate surface area is 108 Å². The number of halogens is 4. The van der Waals surface area contributed by atoms with Gasteiger partial charge in [-0.3, -0.25) is 4.79 Å². The molecule has 0 bridgehead atoms. The van der Waals surface area contributed by atoms with E-state index in [1.54, 1.807) is 0 Å². The van der Waals surface area contributed by atoms with Crippen LogP contribution >= 0.6 is 0 Å². The van der Waals surface area contributed by atoms with Crippen LogP contribution in [0.25, 0.3) is 0 Å². The summed E-state index contributed by atoms with van der Waals surface area (Å²) in [6.45, 7) is 3.66. The number of benzene rings is 1. The van der Waals surface area contributed by atoms with E-state index < -0.39 is 29.0 Å². The van der Waals surface area contributed by atoms with Crippen molar-refractivity contribution in [1.29, 1.82) is 0 Å². The Morgan fingerprint density at radius 2 is 1.84 bits per heavy atom. The minimum atomic E-state index is -4.60. The van der Waals surface area contributed by atoms with E-state index in [9.17, 15) is 22.4 Å². The van der Waals surface area contributed by atoms with Crippen molar-refractivity contribution >= 4 is 5.91 Å². The van der Waals surface area contributed by atoms with E-state index in [0.717, 1.165) is 0 Å². The van der Waals surface area contributed by atoms with Gasteiger partial charge in [0, 0.05) is 6.04 Å². The number of carbonyl (C=O) groups is 1. The second-order valence-electron chi connectivity index (χ2n) is 4.18. The molecular formula is C13H15F4NO. The number of hydrogen-bond acceptors (Lipinski definition) is 1. The largest absolute Gasteiger partial charge is 0.416 e. The summed E-state index contributed by atoms with van der Waals surface area (Å²) >= 11 is 0. The zero-order chi connectivity index (χ0) is 14.6. The summed E-state index contributed by atoms with van der Waals surface area (Å²) in [5.74, 6) is -1.78. The van der Waals surface area contributed by atoms with Gasteiger partial charge in [-0.05, 0) is 31.0 Å². The zero-order valence-electron chi connectivity index (χ0n) is 10.6. The standard InChI is InChI=1S/C13H15F4NO/c1-3-9(4-2)18-12(19)10-7-8(13(15,16)17)5-6-11(10)14/h5-7,9H,3-4H2,1-2H3,(H,18,19). The van der Waals surface area contributed by atoms with E-state index in [1.165, 1.54) is 0 Å².